The SMILES string of the molecule is O=C(NC1=CC=COC1)c1ccc(-c2cccc3c2nc(C(F)(F)F)n3CC(F)F)cc1. The summed E-state index contributed by atoms with van der Waals surface area (Å²) in [6, 6.07) is 10.5. The molecule has 0 bridgehead atoms. The number of hydrogen-bond donors (Lipinski definition) is 1. The van der Waals surface area contributed by atoms with Gasteiger partial charge in [-0.05, 0) is 35.9 Å². The van der Waals surface area contributed by atoms with Crippen LogP contribution < -0.4 is 5.32 Å². The zero-order valence-electron chi connectivity index (χ0n) is 16.4. The highest BCUT2D eigenvalue weighted by molar-refractivity contribution is 5.97. The highest BCUT2D eigenvalue weighted by atomic mass is 19.4. The summed E-state index contributed by atoms with van der Waals surface area (Å²) in [5.41, 5.74) is 1.64. The number of fused-ring (bicyclic) bond motifs is 1. The van der Waals surface area contributed by atoms with Crippen molar-refractivity contribution in [1.29, 1.82) is 0 Å². The maximum atomic E-state index is 13.4. The third-order valence-electron chi connectivity index (χ3n) is 4.80. The number of nitrogens with one attached hydrogen (secondary N) is 1. The molecule has 0 saturated heterocycles. The number of halogens is 5. The van der Waals surface area contributed by atoms with E-state index in [1.807, 2.05) is 0 Å². The number of imidazole rings is 1. The van der Waals surface area contributed by atoms with Crippen molar-refractivity contribution in [3.8, 4) is 11.1 Å². The van der Waals surface area contributed by atoms with Gasteiger partial charge in [0.05, 0.1) is 29.5 Å². The van der Waals surface area contributed by atoms with Crippen LogP contribution in [-0.4, -0.2) is 28.5 Å². The number of benzene rings is 2. The van der Waals surface area contributed by atoms with E-state index in [1.54, 1.807) is 30.4 Å². The van der Waals surface area contributed by atoms with Crippen molar-refractivity contribution < 1.29 is 31.5 Å². The van der Waals surface area contributed by atoms with Gasteiger partial charge >= 0.3 is 6.18 Å². The van der Waals surface area contributed by atoms with Crippen molar-refractivity contribution in [1.82, 2.24) is 14.9 Å². The Kier molecular flexibility index (Phi) is 5.68. The van der Waals surface area contributed by atoms with E-state index < -0.39 is 25.0 Å². The largest absolute Gasteiger partial charge is 0.495 e. The van der Waals surface area contributed by atoms with Gasteiger partial charge in [-0.15, -0.1) is 0 Å². The second-order valence-electron chi connectivity index (χ2n) is 6.97. The average molecular weight is 449 g/mol. The smallest absolute Gasteiger partial charge is 0.449 e. The highest BCUT2D eigenvalue weighted by Gasteiger charge is 2.38. The Balaban J connectivity index is 1.69. The molecule has 166 valence electrons. The average Bonchev–Trinajstić information content (AvgIpc) is 3.13. The molecular formula is C22H16F5N3O2. The van der Waals surface area contributed by atoms with Crippen LogP contribution in [0.15, 0.2) is 66.6 Å². The normalized spacial score (nSPS) is 13.9. The van der Waals surface area contributed by atoms with Gasteiger partial charge in [0.1, 0.15) is 6.61 Å². The predicted molar refractivity (Wildman–Crippen MR) is 107 cm³/mol. The first-order valence-electron chi connectivity index (χ1n) is 9.48. The Hall–Kier alpha value is -3.69. The Morgan fingerprint density at radius 2 is 1.91 bits per heavy atom. The number of rotatable bonds is 5. The first-order chi connectivity index (χ1) is 15.2. The number of carbonyl (C=O) groups excluding carboxylic acids is 1. The number of alkyl halides is 5. The third kappa shape index (κ3) is 4.34. The van der Waals surface area contributed by atoms with E-state index in [0.717, 1.165) is 0 Å². The molecule has 2 heterocycles. The van der Waals surface area contributed by atoms with E-state index in [1.165, 1.54) is 30.5 Å². The molecule has 0 atom stereocenters. The topological polar surface area (TPSA) is 56.1 Å². The maximum absolute atomic E-state index is 13.4. The van der Waals surface area contributed by atoms with Crippen LogP contribution in [0.2, 0.25) is 0 Å². The summed E-state index contributed by atoms with van der Waals surface area (Å²) in [5.74, 6) is -1.76. The number of para-hydroxylation sites is 1. The summed E-state index contributed by atoms with van der Waals surface area (Å²) in [6.07, 6.45) is -3.02. The quantitative estimate of drug-likeness (QED) is 0.549. The molecule has 10 heteroatoms. The molecule has 2 aromatic carbocycles. The molecule has 1 aliphatic heterocycles. The van der Waals surface area contributed by atoms with Crippen LogP contribution in [0.4, 0.5) is 22.0 Å². The number of hydrogen-bond acceptors (Lipinski definition) is 3. The van der Waals surface area contributed by atoms with Gasteiger partial charge in [0.15, 0.2) is 0 Å². The first kappa shape index (κ1) is 21.5. The fourth-order valence-electron chi connectivity index (χ4n) is 3.41. The molecule has 0 radical (unpaired) electrons. The summed E-state index contributed by atoms with van der Waals surface area (Å²) in [7, 11) is 0. The lowest BCUT2D eigenvalue weighted by molar-refractivity contribution is -0.147. The predicted octanol–water partition coefficient (Wildman–Crippen LogP) is 5.14. The number of nitrogens with zero attached hydrogens (tertiary/aromatic N) is 2. The zero-order valence-corrected chi connectivity index (χ0v) is 16.4. The molecular weight excluding hydrogens is 433 g/mol. The summed E-state index contributed by atoms with van der Waals surface area (Å²) in [5, 5.41) is 2.70. The number of ether oxygens (including phenoxy) is 1. The van der Waals surface area contributed by atoms with E-state index in [4.69, 9.17) is 4.74 Å². The first-order valence-corrected chi connectivity index (χ1v) is 9.48. The monoisotopic (exact) mass is 449 g/mol. The van der Waals surface area contributed by atoms with Crippen LogP contribution in [0.1, 0.15) is 16.2 Å². The molecule has 0 spiro atoms. The minimum absolute atomic E-state index is 0.0470. The van der Waals surface area contributed by atoms with Crippen molar-refractivity contribution in [2.24, 2.45) is 0 Å². The fourth-order valence-corrected chi connectivity index (χ4v) is 3.41. The molecule has 0 saturated carbocycles. The van der Waals surface area contributed by atoms with Crippen LogP contribution in [0.5, 0.6) is 0 Å². The fraction of sp³-hybridized carbons (Fsp3) is 0.182. The van der Waals surface area contributed by atoms with Crippen LogP contribution in [-0.2, 0) is 17.5 Å². The summed E-state index contributed by atoms with van der Waals surface area (Å²) >= 11 is 0. The standard InChI is InChI=1S/C22H16F5N3O2/c23-18(24)11-30-17-5-1-4-16(19(17)29-21(30)22(25,26)27)13-6-8-14(9-7-13)20(31)28-15-3-2-10-32-12-15/h1-10,18H,11-12H2,(H,28,31). The van der Waals surface area contributed by atoms with Gasteiger partial charge in [0.2, 0.25) is 5.82 Å². The van der Waals surface area contributed by atoms with Crippen molar-refractivity contribution in [2.75, 3.05) is 6.61 Å². The molecule has 1 N–H and O–H groups in total. The molecule has 0 fully saturated rings. The van der Waals surface area contributed by atoms with Crippen molar-refractivity contribution in [3.05, 3.63) is 78.0 Å². The lowest BCUT2D eigenvalue weighted by atomic mass is 10.0. The van der Waals surface area contributed by atoms with Gasteiger partial charge in [-0.25, -0.2) is 13.8 Å². The van der Waals surface area contributed by atoms with Gasteiger partial charge in [0, 0.05) is 11.1 Å². The molecule has 4 rings (SSSR count). The summed E-state index contributed by atoms with van der Waals surface area (Å²) < 4.78 is 71.7. The second-order valence-corrected chi connectivity index (χ2v) is 6.97. The van der Waals surface area contributed by atoms with Crippen LogP contribution in [0.25, 0.3) is 22.2 Å². The Morgan fingerprint density at radius 1 is 1.16 bits per heavy atom. The van der Waals surface area contributed by atoms with E-state index in [2.05, 4.69) is 10.3 Å². The molecule has 1 amide bonds. The molecule has 0 unspecified atom stereocenters. The van der Waals surface area contributed by atoms with E-state index in [9.17, 15) is 26.7 Å². The number of aromatic nitrogens is 2. The van der Waals surface area contributed by atoms with Crippen LogP contribution in [0, 0.1) is 0 Å². The van der Waals surface area contributed by atoms with Gasteiger partial charge in [0.25, 0.3) is 12.3 Å². The number of amides is 1. The van der Waals surface area contributed by atoms with E-state index >= 15 is 0 Å². The van der Waals surface area contributed by atoms with Crippen LogP contribution >= 0.6 is 0 Å². The Labute approximate surface area is 178 Å². The zero-order chi connectivity index (χ0) is 22.9. The van der Waals surface area contributed by atoms with Gasteiger partial charge in [-0.1, -0.05) is 24.3 Å². The number of carbonyl (C=O) groups is 1. The summed E-state index contributed by atoms with van der Waals surface area (Å²) in [4.78, 5) is 16.0. The Morgan fingerprint density at radius 3 is 2.53 bits per heavy atom. The van der Waals surface area contributed by atoms with Gasteiger partial charge < -0.3 is 14.6 Å². The maximum Gasteiger partial charge on any atom is 0.449 e. The molecule has 1 aromatic heterocycles. The van der Waals surface area contributed by atoms with Crippen molar-refractivity contribution in [3.63, 3.8) is 0 Å². The lowest BCUT2D eigenvalue weighted by Crippen LogP contribution is -2.25. The van der Waals surface area contributed by atoms with E-state index in [0.29, 0.717) is 27.0 Å². The van der Waals surface area contributed by atoms with Crippen molar-refractivity contribution in [2.45, 2.75) is 19.1 Å². The second kappa shape index (κ2) is 8.45. The molecule has 32 heavy (non-hydrogen) atoms. The van der Waals surface area contributed by atoms with Gasteiger partial charge in [-0.2, -0.15) is 13.2 Å². The molecule has 3 aromatic rings. The van der Waals surface area contributed by atoms with E-state index in [-0.39, 0.29) is 23.5 Å². The minimum Gasteiger partial charge on any atom is -0.495 e. The molecule has 5 nitrogen and oxygen atoms in total. The van der Waals surface area contributed by atoms with Gasteiger partial charge in [-0.3, -0.25) is 4.79 Å². The highest BCUT2D eigenvalue weighted by Crippen LogP contribution is 2.35. The third-order valence-corrected chi connectivity index (χ3v) is 4.80. The van der Waals surface area contributed by atoms with Crippen molar-refractivity contribution >= 4 is 16.9 Å². The minimum atomic E-state index is -4.89. The summed E-state index contributed by atoms with van der Waals surface area (Å²) in [6.45, 7) is -0.895. The van der Waals surface area contributed by atoms with Crippen LogP contribution in [0.3, 0.4) is 0 Å². The molecule has 0 aliphatic carbocycles. The lowest BCUT2D eigenvalue weighted by Gasteiger charge is -2.12. The molecule has 1 aliphatic rings. The number of allylic oxidation sites excluding steroid dienone is 2. The Bertz CT molecular complexity index is 1210.